The maximum Gasteiger partial charge on any atom is 0.0803 e. The van der Waals surface area contributed by atoms with Crippen molar-refractivity contribution in [3.8, 4) is 11.3 Å². The second-order valence-electron chi connectivity index (χ2n) is 4.77. The van der Waals surface area contributed by atoms with E-state index in [1.54, 1.807) is 0 Å². The van der Waals surface area contributed by atoms with E-state index < -0.39 is 0 Å². The molecule has 2 nitrogen and oxygen atoms in total. The van der Waals surface area contributed by atoms with Crippen LogP contribution < -0.4 is 0 Å². The van der Waals surface area contributed by atoms with Crippen molar-refractivity contribution in [3.63, 3.8) is 0 Å². The molecule has 2 heterocycles. The molecule has 1 N–H and O–H groups in total. The predicted molar refractivity (Wildman–Crippen MR) is 84.0 cm³/mol. The fourth-order valence-electron chi connectivity index (χ4n) is 2.59. The van der Waals surface area contributed by atoms with Gasteiger partial charge in [-0.1, -0.05) is 41.9 Å². The summed E-state index contributed by atoms with van der Waals surface area (Å²) < 4.78 is 0. The molecule has 0 unspecified atom stereocenters. The summed E-state index contributed by atoms with van der Waals surface area (Å²) in [5, 5.41) is 4.23. The summed E-state index contributed by atoms with van der Waals surface area (Å²) >= 11 is 5.96. The summed E-state index contributed by atoms with van der Waals surface area (Å²) in [6.07, 6.45) is 4.03. The zero-order valence-corrected chi connectivity index (χ0v) is 11.4. The number of para-hydroxylation sites is 1. The summed E-state index contributed by atoms with van der Waals surface area (Å²) in [6.45, 7) is 0. The third-order valence-electron chi connectivity index (χ3n) is 3.54. The van der Waals surface area contributed by atoms with Crippen LogP contribution in [0.2, 0.25) is 5.02 Å². The van der Waals surface area contributed by atoms with Crippen LogP contribution >= 0.6 is 11.6 Å². The SMILES string of the molecule is Clc1ccc(-c2nc3ccccc3c3c[nH]cc23)cc1. The number of nitrogens with one attached hydrogen (secondary N) is 1. The van der Waals surface area contributed by atoms with Crippen LogP contribution in [0.5, 0.6) is 0 Å². The number of hydrogen-bond acceptors (Lipinski definition) is 1. The molecule has 0 aliphatic heterocycles. The molecule has 0 spiro atoms. The molecule has 2 aromatic carbocycles. The first-order chi connectivity index (χ1) is 9.83. The third-order valence-corrected chi connectivity index (χ3v) is 3.80. The van der Waals surface area contributed by atoms with Crippen LogP contribution in [0.25, 0.3) is 32.9 Å². The molecule has 0 saturated carbocycles. The lowest BCUT2D eigenvalue weighted by Crippen LogP contribution is -1.87. The fourth-order valence-corrected chi connectivity index (χ4v) is 2.72. The summed E-state index contributed by atoms with van der Waals surface area (Å²) in [4.78, 5) is 8.00. The lowest BCUT2D eigenvalue weighted by Gasteiger charge is -2.06. The van der Waals surface area contributed by atoms with Gasteiger partial charge in [0.15, 0.2) is 0 Å². The van der Waals surface area contributed by atoms with E-state index in [0.29, 0.717) is 0 Å². The number of fused-ring (bicyclic) bond motifs is 3. The highest BCUT2D eigenvalue weighted by molar-refractivity contribution is 6.30. The molecular formula is C17H11ClN2. The first-order valence-corrected chi connectivity index (χ1v) is 6.82. The van der Waals surface area contributed by atoms with Crippen LogP contribution in [-0.4, -0.2) is 9.97 Å². The number of halogens is 1. The molecule has 3 heteroatoms. The Kier molecular flexibility index (Phi) is 2.51. The minimum absolute atomic E-state index is 0.736. The molecule has 0 saturated heterocycles. The second kappa shape index (κ2) is 4.36. The molecule has 20 heavy (non-hydrogen) atoms. The molecule has 0 aliphatic rings. The summed E-state index contributed by atoms with van der Waals surface area (Å²) in [7, 11) is 0. The smallest absolute Gasteiger partial charge is 0.0803 e. The van der Waals surface area contributed by atoms with Gasteiger partial charge in [0.2, 0.25) is 0 Å². The number of rotatable bonds is 1. The lowest BCUT2D eigenvalue weighted by atomic mass is 10.0. The van der Waals surface area contributed by atoms with E-state index in [0.717, 1.165) is 27.2 Å². The van der Waals surface area contributed by atoms with Gasteiger partial charge in [-0.25, -0.2) is 4.98 Å². The van der Waals surface area contributed by atoms with Crippen LogP contribution in [0.1, 0.15) is 0 Å². The van der Waals surface area contributed by atoms with Gasteiger partial charge in [0.05, 0.1) is 11.2 Å². The summed E-state index contributed by atoms with van der Waals surface area (Å²) in [5.41, 5.74) is 3.06. The van der Waals surface area contributed by atoms with Gasteiger partial charge in [0.1, 0.15) is 0 Å². The predicted octanol–water partition coefficient (Wildman–Crippen LogP) is 5.04. The highest BCUT2D eigenvalue weighted by Gasteiger charge is 2.10. The molecule has 0 aliphatic carbocycles. The standard InChI is InChI=1S/C17H11ClN2/c18-12-7-5-11(6-8-12)17-15-10-19-9-14(15)13-3-1-2-4-16(13)20-17/h1-10,19H. The lowest BCUT2D eigenvalue weighted by molar-refractivity contribution is 1.41. The minimum Gasteiger partial charge on any atom is -0.366 e. The number of pyridine rings is 1. The van der Waals surface area contributed by atoms with Crippen molar-refractivity contribution in [2.75, 3.05) is 0 Å². The average Bonchev–Trinajstić information content (AvgIpc) is 2.97. The molecule has 2 aromatic heterocycles. The molecule has 0 atom stereocenters. The molecular weight excluding hydrogens is 268 g/mol. The first-order valence-electron chi connectivity index (χ1n) is 6.44. The van der Waals surface area contributed by atoms with Crippen molar-refractivity contribution in [3.05, 3.63) is 65.9 Å². The van der Waals surface area contributed by atoms with Crippen LogP contribution in [-0.2, 0) is 0 Å². The van der Waals surface area contributed by atoms with Crippen LogP contribution in [0, 0.1) is 0 Å². The van der Waals surface area contributed by atoms with Gasteiger partial charge in [0.25, 0.3) is 0 Å². The third kappa shape index (κ3) is 1.69. The Morgan fingerprint density at radius 2 is 1.55 bits per heavy atom. The Hall–Kier alpha value is -2.32. The van der Waals surface area contributed by atoms with Crippen LogP contribution in [0.3, 0.4) is 0 Å². The zero-order chi connectivity index (χ0) is 13.5. The maximum absolute atomic E-state index is 5.96. The highest BCUT2D eigenvalue weighted by Crippen LogP contribution is 2.32. The fraction of sp³-hybridized carbons (Fsp3) is 0. The first kappa shape index (κ1) is 11.5. The topological polar surface area (TPSA) is 28.7 Å². The highest BCUT2D eigenvalue weighted by atomic mass is 35.5. The second-order valence-corrected chi connectivity index (χ2v) is 5.20. The van der Waals surface area contributed by atoms with Crippen molar-refractivity contribution in [1.82, 2.24) is 9.97 Å². The van der Waals surface area contributed by atoms with E-state index in [1.807, 2.05) is 54.9 Å². The van der Waals surface area contributed by atoms with Crippen LogP contribution in [0.15, 0.2) is 60.9 Å². The van der Waals surface area contributed by atoms with Gasteiger partial charge in [-0.3, -0.25) is 0 Å². The van der Waals surface area contributed by atoms with Gasteiger partial charge >= 0.3 is 0 Å². The molecule has 0 amide bonds. The number of nitrogens with zero attached hydrogens (tertiary/aromatic N) is 1. The Morgan fingerprint density at radius 3 is 2.40 bits per heavy atom. The number of H-pyrrole nitrogens is 1. The van der Waals surface area contributed by atoms with Gasteiger partial charge in [-0.2, -0.15) is 0 Å². The summed E-state index contributed by atoms with van der Waals surface area (Å²) in [6, 6.07) is 16.0. The molecule has 4 rings (SSSR count). The minimum atomic E-state index is 0.736. The van der Waals surface area contributed by atoms with Crippen LogP contribution in [0.4, 0.5) is 0 Å². The molecule has 4 aromatic rings. The van der Waals surface area contributed by atoms with Crippen molar-refractivity contribution in [1.29, 1.82) is 0 Å². The van der Waals surface area contributed by atoms with Crippen molar-refractivity contribution < 1.29 is 0 Å². The van der Waals surface area contributed by atoms with Crippen molar-refractivity contribution in [2.45, 2.75) is 0 Å². The quantitative estimate of drug-likeness (QED) is 0.519. The molecule has 96 valence electrons. The number of aromatic amines is 1. The van der Waals surface area contributed by atoms with E-state index in [4.69, 9.17) is 16.6 Å². The Labute approximate surface area is 121 Å². The van der Waals surface area contributed by atoms with Gasteiger partial charge in [0, 0.05) is 39.1 Å². The summed E-state index contributed by atoms with van der Waals surface area (Å²) in [5.74, 6) is 0. The van der Waals surface area contributed by atoms with E-state index >= 15 is 0 Å². The largest absolute Gasteiger partial charge is 0.366 e. The van der Waals surface area contributed by atoms with E-state index in [1.165, 1.54) is 10.8 Å². The zero-order valence-electron chi connectivity index (χ0n) is 10.6. The average molecular weight is 279 g/mol. The van der Waals surface area contributed by atoms with Gasteiger partial charge < -0.3 is 4.98 Å². The molecule has 0 bridgehead atoms. The number of aromatic nitrogens is 2. The number of hydrogen-bond donors (Lipinski definition) is 1. The van der Waals surface area contributed by atoms with E-state index in [-0.39, 0.29) is 0 Å². The van der Waals surface area contributed by atoms with Gasteiger partial charge in [-0.05, 0) is 18.2 Å². The molecule has 0 fully saturated rings. The van der Waals surface area contributed by atoms with Crippen molar-refractivity contribution >= 4 is 33.3 Å². The monoisotopic (exact) mass is 278 g/mol. The van der Waals surface area contributed by atoms with Crippen molar-refractivity contribution in [2.24, 2.45) is 0 Å². The number of benzene rings is 2. The Bertz CT molecular complexity index is 907. The van der Waals surface area contributed by atoms with E-state index in [9.17, 15) is 0 Å². The Morgan fingerprint density at radius 1 is 0.800 bits per heavy atom. The van der Waals surface area contributed by atoms with Gasteiger partial charge in [-0.15, -0.1) is 0 Å². The van der Waals surface area contributed by atoms with E-state index in [2.05, 4.69) is 11.1 Å². The maximum atomic E-state index is 5.96. The molecule has 0 radical (unpaired) electrons. The normalized spacial score (nSPS) is 11.2. The Balaban J connectivity index is 2.11.